The molecule has 1 aliphatic carbocycles. The Morgan fingerprint density at radius 2 is 2.00 bits per heavy atom. The second kappa shape index (κ2) is 9.44. The molecule has 0 aromatic heterocycles. The van der Waals surface area contributed by atoms with Gasteiger partial charge in [0.2, 0.25) is 5.91 Å². The molecule has 1 aromatic rings. The van der Waals surface area contributed by atoms with Crippen molar-refractivity contribution >= 4 is 5.91 Å². The third-order valence-electron chi connectivity index (χ3n) is 5.72. The molecular weight excluding hydrogens is 371 g/mol. The van der Waals surface area contributed by atoms with Crippen LogP contribution in [0.25, 0.3) is 0 Å². The monoisotopic (exact) mass is 400 g/mol. The molecule has 29 heavy (non-hydrogen) atoms. The summed E-state index contributed by atoms with van der Waals surface area (Å²) in [5.41, 5.74) is 0.697. The van der Waals surface area contributed by atoms with Crippen LogP contribution in [0, 0.1) is 11.7 Å². The number of ether oxygens (including phenoxy) is 2. The maximum Gasteiger partial charge on any atom is 0.224 e. The van der Waals surface area contributed by atoms with E-state index in [1.54, 1.807) is 12.1 Å². The van der Waals surface area contributed by atoms with Gasteiger partial charge in [0.05, 0.1) is 6.42 Å². The van der Waals surface area contributed by atoms with Crippen LogP contribution < -0.4 is 5.32 Å². The number of amides is 1. The van der Waals surface area contributed by atoms with E-state index in [0.29, 0.717) is 24.7 Å². The number of likely N-dealkylation sites (tertiary alicyclic amines) is 1. The zero-order chi connectivity index (χ0) is 20.1. The van der Waals surface area contributed by atoms with Gasteiger partial charge in [-0.2, -0.15) is 0 Å². The molecule has 0 radical (unpaired) electrons. The van der Waals surface area contributed by atoms with E-state index in [1.165, 1.54) is 25.0 Å². The second-order valence-electron chi connectivity index (χ2n) is 8.11. The number of nitrogens with zero attached hydrogens (tertiary/aromatic N) is 1. The number of hydrogen-bond donors (Lipinski definition) is 1. The molecule has 0 spiro atoms. The molecule has 1 amide bonds. The van der Waals surface area contributed by atoms with Crippen LogP contribution in [-0.4, -0.2) is 49.7 Å². The minimum atomic E-state index is -0.310. The van der Waals surface area contributed by atoms with Gasteiger partial charge in [-0.25, -0.2) is 4.39 Å². The zero-order valence-corrected chi connectivity index (χ0v) is 16.7. The lowest BCUT2D eigenvalue weighted by atomic mass is 9.91. The number of nitrogens with one attached hydrogen (secondary N) is 1. The third-order valence-corrected chi connectivity index (χ3v) is 5.72. The van der Waals surface area contributed by atoms with Gasteiger partial charge in [0.25, 0.3) is 0 Å². The summed E-state index contributed by atoms with van der Waals surface area (Å²) in [5.74, 6) is 1.61. The number of hydrogen-bond acceptors (Lipinski definition) is 4. The van der Waals surface area contributed by atoms with E-state index < -0.39 is 0 Å². The minimum Gasteiger partial charge on any atom is -0.486 e. The maximum atomic E-state index is 13.4. The van der Waals surface area contributed by atoms with Gasteiger partial charge < -0.3 is 19.7 Å². The lowest BCUT2D eigenvalue weighted by Gasteiger charge is -2.30. The summed E-state index contributed by atoms with van der Waals surface area (Å²) in [6.45, 7) is 4.20. The number of carbonyl (C=O) groups excluding carboxylic acids is 1. The molecule has 1 aromatic carbocycles. The normalized spacial score (nSPS) is 22.6. The van der Waals surface area contributed by atoms with Gasteiger partial charge in [-0.15, -0.1) is 0 Å². The van der Waals surface area contributed by atoms with Crippen molar-refractivity contribution in [3.8, 4) is 0 Å². The van der Waals surface area contributed by atoms with Gasteiger partial charge in [-0.1, -0.05) is 12.1 Å². The van der Waals surface area contributed by atoms with Crippen molar-refractivity contribution in [1.29, 1.82) is 0 Å². The van der Waals surface area contributed by atoms with E-state index in [1.807, 2.05) is 0 Å². The van der Waals surface area contributed by atoms with E-state index >= 15 is 0 Å². The Kier molecular flexibility index (Phi) is 6.49. The summed E-state index contributed by atoms with van der Waals surface area (Å²) in [4.78, 5) is 15.1. The van der Waals surface area contributed by atoms with Crippen molar-refractivity contribution in [2.24, 2.45) is 5.92 Å². The molecule has 5 nitrogen and oxygen atoms in total. The van der Waals surface area contributed by atoms with E-state index in [2.05, 4.69) is 22.4 Å². The first-order valence-corrected chi connectivity index (χ1v) is 10.6. The molecule has 2 saturated heterocycles. The van der Waals surface area contributed by atoms with Crippen LogP contribution in [0.3, 0.4) is 0 Å². The van der Waals surface area contributed by atoms with Crippen molar-refractivity contribution in [1.82, 2.24) is 10.2 Å². The smallest absolute Gasteiger partial charge is 0.224 e. The molecule has 2 heterocycles. The Morgan fingerprint density at radius 3 is 2.79 bits per heavy atom. The van der Waals surface area contributed by atoms with Crippen LogP contribution in [0.4, 0.5) is 4.39 Å². The third kappa shape index (κ3) is 5.60. The molecule has 156 valence electrons. The topological polar surface area (TPSA) is 50.8 Å². The van der Waals surface area contributed by atoms with Crippen molar-refractivity contribution in [3.05, 3.63) is 59.3 Å². The predicted molar refractivity (Wildman–Crippen MR) is 109 cm³/mol. The highest BCUT2D eigenvalue weighted by molar-refractivity contribution is 5.78. The number of halogens is 1. The summed E-state index contributed by atoms with van der Waals surface area (Å²) >= 11 is 0. The van der Waals surface area contributed by atoms with Crippen LogP contribution in [0.5, 0.6) is 0 Å². The number of rotatable bonds is 7. The van der Waals surface area contributed by atoms with Gasteiger partial charge >= 0.3 is 0 Å². The Morgan fingerprint density at radius 1 is 1.21 bits per heavy atom. The van der Waals surface area contributed by atoms with Crippen molar-refractivity contribution < 1.29 is 18.7 Å². The van der Waals surface area contributed by atoms with Crippen LogP contribution in [0.15, 0.2) is 47.9 Å². The highest BCUT2D eigenvalue weighted by Crippen LogP contribution is 2.30. The van der Waals surface area contributed by atoms with Crippen molar-refractivity contribution in [2.75, 3.05) is 32.8 Å². The molecule has 1 unspecified atom stereocenters. The average molecular weight is 400 g/mol. The molecule has 2 fully saturated rings. The van der Waals surface area contributed by atoms with E-state index in [9.17, 15) is 9.18 Å². The van der Waals surface area contributed by atoms with Crippen LogP contribution in [-0.2, 0) is 20.7 Å². The Hall–Kier alpha value is -2.34. The van der Waals surface area contributed by atoms with Crippen molar-refractivity contribution in [2.45, 2.75) is 38.1 Å². The summed E-state index contributed by atoms with van der Waals surface area (Å²) in [5, 5.41) is 3.21. The summed E-state index contributed by atoms with van der Waals surface area (Å²) in [7, 11) is 0. The van der Waals surface area contributed by atoms with Gasteiger partial charge in [0.1, 0.15) is 19.0 Å². The summed E-state index contributed by atoms with van der Waals surface area (Å²) < 4.78 is 24.8. The second-order valence-corrected chi connectivity index (χ2v) is 8.11. The predicted octanol–water partition coefficient (Wildman–Crippen LogP) is 3.17. The first-order chi connectivity index (χ1) is 14.2. The molecule has 2 aliphatic heterocycles. The number of fused-ring (bicyclic) bond motifs is 1. The highest BCUT2D eigenvalue weighted by atomic mass is 19.1. The summed E-state index contributed by atoms with van der Waals surface area (Å²) in [6, 6.07) is 6.30. The Labute approximate surface area is 171 Å². The van der Waals surface area contributed by atoms with Crippen molar-refractivity contribution in [3.63, 3.8) is 0 Å². The Bertz CT molecular complexity index is 786. The van der Waals surface area contributed by atoms with Gasteiger partial charge in [-0.05, 0) is 74.5 Å². The molecular formula is C23H29FN2O3. The Balaban J connectivity index is 1.38. The molecule has 3 aliphatic rings. The number of benzene rings is 1. The lowest BCUT2D eigenvalue weighted by molar-refractivity contribution is -0.121. The average Bonchev–Trinajstić information content (AvgIpc) is 3.21. The maximum absolute atomic E-state index is 13.4. The number of allylic oxidation sites excluding steroid dienone is 2. The quantitative estimate of drug-likeness (QED) is 0.764. The summed E-state index contributed by atoms with van der Waals surface area (Å²) in [6.07, 6.45) is 8.61. The highest BCUT2D eigenvalue weighted by Gasteiger charge is 2.26. The molecule has 1 N–H and O–H groups in total. The molecule has 4 rings (SSSR count). The fourth-order valence-corrected chi connectivity index (χ4v) is 4.37. The standard InChI is InChI=1S/C23H29FN2O3/c24-19-5-3-4-17(12-19)15-23(27)25-20(16-26-8-1-2-9-26)13-18-6-7-21-22(14-18)29-11-10-28-21/h3-5,7,12,14,18,20H,1-2,6,8-11,13,15-16H2,(H,25,27)/t18?,20-/m0/s1. The fraction of sp³-hybridized carbons (Fsp3) is 0.522. The van der Waals surface area contributed by atoms with Crippen LogP contribution >= 0.6 is 0 Å². The fourth-order valence-electron chi connectivity index (χ4n) is 4.37. The van der Waals surface area contributed by atoms with E-state index in [0.717, 1.165) is 44.0 Å². The molecule has 0 saturated carbocycles. The van der Waals surface area contributed by atoms with Crippen LogP contribution in [0.2, 0.25) is 0 Å². The van der Waals surface area contributed by atoms with Gasteiger partial charge in [0.15, 0.2) is 11.5 Å². The lowest BCUT2D eigenvalue weighted by Crippen LogP contribution is -2.44. The van der Waals surface area contributed by atoms with Gasteiger partial charge in [-0.3, -0.25) is 4.79 Å². The molecule has 2 atom stereocenters. The molecule has 0 bridgehead atoms. The number of carbonyl (C=O) groups is 1. The first-order valence-electron chi connectivity index (χ1n) is 10.6. The van der Waals surface area contributed by atoms with E-state index in [-0.39, 0.29) is 24.2 Å². The largest absolute Gasteiger partial charge is 0.486 e. The SMILES string of the molecule is O=C(Cc1cccc(F)c1)N[C@@H](CC1C=C2OCCOC2=CC1)CN1CCCC1. The first kappa shape index (κ1) is 20.0. The molecule has 6 heteroatoms. The van der Waals surface area contributed by atoms with Gasteiger partial charge in [0, 0.05) is 12.6 Å². The zero-order valence-electron chi connectivity index (χ0n) is 16.7. The van der Waals surface area contributed by atoms with E-state index in [4.69, 9.17) is 9.47 Å². The minimum absolute atomic E-state index is 0.0514. The van der Waals surface area contributed by atoms with Crippen LogP contribution in [0.1, 0.15) is 31.2 Å².